The third-order valence-electron chi connectivity index (χ3n) is 2.52. The van der Waals surface area contributed by atoms with E-state index in [4.69, 9.17) is 4.74 Å². The van der Waals surface area contributed by atoms with Gasteiger partial charge in [-0.15, -0.1) is 0 Å². The van der Waals surface area contributed by atoms with Gasteiger partial charge in [-0.3, -0.25) is 0 Å². The Labute approximate surface area is 110 Å². The summed E-state index contributed by atoms with van der Waals surface area (Å²) in [6.45, 7) is 4.07. The predicted octanol–water partition coefficient (Wildman–Crippen LogP) is 4.51. The number of pyridine rings is 1. The van der Waals surface area contributed by atoms with Crippen LogP contribution in [0.15, 0.2) is 40.9 Å². The molecule has 3 heteroatoms. The molecule has 88 valence electrons. The lowest BCUT2D eigenvalue weighted by atomic mass is 10.2. The van der Waals surface area contributed by atoms with Crippen molar-refractivity contribution in [2.45, 2.75) is 20.3 Å². The quantitative estimate of drug-likeness (QED) is 0.830. The number of nitrogens with zero attached hydrogens (tertiary/aromatic N) is 1. The average Bonchev–Trinajstić information content (AvgIpc) is 2.34. The van der Waals surface area contributed by atoms with E-state index >= 15 is 0 Å². The highest BCUT2D eigenvalue weighted by Crippen LogP contribution is 2.23. The molecule has 1 heterocycles. The van der Waals surface area contributed by atoms with Gasteiger partial charge in [0.2, 0.25) is 5.88 Å². The van der Waals surface area contributed by atoms with Crippen LogP contribution < -0.4 is 4.74 Å². The number of hydrogen-bond donors (Lipinski definition) is 0. The van der Waals surface area contributed by atoms with Crippen molar-refractivity contribution in [3.05, 3.63) is 52.1 Å². The molecule has 0 amide bonds. The molecular formula is C14H14BrNO. The summed E-state index contributed by atoms with van der Waals surface area (Å²) in [7, 11) is 0. The molecule has 0 saturated heterocycles. The number of rotatable bonds is 3. The van der Waals surface area contributed by atoms with Crippen LogP contribution in [-0.2, 0) is 6.42 Å². The second kappa shape index (κ2) is 5.32. The van der Waals surface area contributed by atoms with Crippen molar-refractivity contribution in [1.29, 1.82) is 0 Å². The van der Waals surface area contributed by atoms with E-state index in [0.29, 0.717) is 5.88 Å². The first-order valence-corrected chi connectivity index (χ1v) is 6.38. The molecule has 0 aliphatic carbocycles. The fourth-order valence-corrected chi connectivity index (χ4v) is 1.75. The SMILES string of the molecule is CCc1cccc(Oc2ccc(Br)c(C)n2)c1. The number of benzene rings is 1. The topological polar surface area (TPSA) is 22.1 Å². The molecule has 0 fully saturated rings. The molecule has 2 rings (SSSR count). The van der Waals surface area contributed by atoms with Crippen LogP contribution in [0.25, 0.3) is 0 Å². The number of halogens is 1. The Morgan fingerprint density at radius 3 is 2.76 bits per heavy atom. The minimum atomic E-state index is 0.624. The van der Waals surface area contributed by atoms with Crippen molar-refractivity contribution in [1.82, 2.24) is 4.98 Å². The molecular weight excluding hydrogens is 278 g/mol. The molecule has 0 aliphatic heterocycles. The molecule has 0 saturated carbocycles. The highest BCUT2D eigenvalue weighted by atomic mass is 79.9. The Hall–Kier alpha value is -1.35. The van der Waals surface area contributed by atoms with E-state index < -0.39 is 0 Å². The maximum Gasteiger partial charge on any atom is 0.219 e. The van der Waals surface area contributed by atoms with Crippen LogP contribution in [0.2, 0.25) is 0 Å². The Morgan fingerprint density at radius 2 is 2.06 bits per heavy atom. The van der Waals surface area contributed by atoms with Crippen LogP contribution >= 0.6 is 15.9 Å². The summed E-state index contributed by atoms with van der Waals surface area (Å²) >= 11 is 3.42. The van der Waals surface area contributed by atoms with Crippen molar-refractivity contribution < 1.29 is 4.74 Å². The maximum absolute atomic E-state index is 5.72. The standard InChI is InChI=1S/C14H14BrNO/c1-3-11-5-4-6-12(9-11)17-14-8-7-13(15)10(2)16-14/h4-9H,3H2,1-2H3. The summed E-state index contributed by atoms with van der Waals surface area (Å²) in [6, 6.07) is 11.9. The van der Waals surface area contributed by atoms with Crippen LogP contribution in [0.1, 0.15) is 18.2 Å². The van der Waals surface area contributed by atoms with E-state index in [0.717, 1.165) is 22.3 Å². The average molecular weight is 292 g/mol. The molecule has 0 radical (unpaired) electrons. The molecule has 0 atom stereocenters. The zero-order chi connectivity index (χ0) is 12.3. The van der Waals surface area contributed by atoms with E-state index in [2.05, 4.69) is 33.9 Å². The summed E-state index contributed by atoms with van der Waals surface area (Å²) in [5.74, 6) is 1.46. The van der Waals surface area contributed by atoms with E-state index in [1.807, 2.05) is 37.3 Å². The van der Waals surface area contributed by atoms with Gasteiger partial charge in [-0.05, 0) is 53.0 Å². The second-order valence-electron chi connectivity index (χ2n) is 3.82. The van der Waals surface area contributed by atoms with Gasteiger partial charge in [0.05, 0.1) is 5.69 Å². The lowest BCUT2D eigenvalue weighted by Crippen LogP contribution is -1.91. The van der Waals surface area contributed by atoms with Gasteiger partial charge >= 0.3 is 0 Å². The number of ether oxygens (including phenoxy) is 1. The molecule has 1 aromatic carbocycles. The summed E-state index contributed by atoms with van der Waals surface area (Å²) in [4.78, 5) is 4.35. The van der Waals surface area contributed by atoms with Crippen LogP contribution in [0.4, 0.5) is 0 Å². The largest absolute Gasteiger partial charge is 0.439 e. The first kappa shape index (κ1) is 12.1. The highest BCUT2D eigenvalue weighted by molar-refractivity contribution is 9.10. The van der Waals surface area contributed by atoms with Crippen molar-refractivity contribution in [2.75, 3.05) is 0 Å². The lowest BCUT2D eigenvalue weighted by molar-refractivity contribution is 0.461. The van der Waals surface area contributed by atoms with E-state index in [-0.39, 0.29) is 0 Å². The molecule has 0 bridgehead atoms. The van der Waals surface area contributed by atoms with Crippen LogP contribution in [-0.4, -0.2) is 4.98 Å². The molecule has 0 unspecified atom stereocenters. The van der Waals surface area contributed by atoms with Gasteiger partial charge in [-0.2, -0.15) is 0 Å². The zero-order valence-corrected chi connectivity index (χ0v) is 11.5. The Bertz CT molecular complexity index is 525. The molecule has 1 aromatic heterocycles. The summed E-state index contributed by atoms with van der Waals surface area (Å²) < 4.78 is 6.72. The Balaban J connectivity index is 2.22. The summed E-state index contributed by atoms with van der Waals surface area (Å²) in [6.07, 6.45) is 1.00. The number of hydrogen-bond acceptors (Lipinski definition) is 2. The van der Waals surface area contributed by atoms with Gasteiger partial charge in [0.1, 0.15) is 5.75 Å². The first-order valence-electron chi connectivity index (χ1n) is 5.59. The van der Waals surface area contributed by atoms with E-state index in [1.54, 1.807) is 0 Å². The number of aromatic nitrogens is 1. The van der Waals surface area contributed by atoms with Crippen molar-refractivity contribution in [2.24, 2.45) is 0 Å². The highest BCUT2D eigenvalue weighted by Gasteiger charge is 2.02. The fourth-order valence-electron chi connectivity index (χ4n) is 1.53. The van der Waals surface area contributed by atoms with Crippen molar-refractivity contribution >= 4 is 15.9 Å². The fraction of sp³-hybridized carbons (Fsp3) is 0.214. The van der Waals surface area contributed by atoms with Gasteiger partial charge in [0, 0.05) is 10.5 Å². The maximum atomic E-state index is 5.72. The van der Waals surface area contributed by atoms with Gasteiger partial charge in [0.15, 0.2) is 0 Å². The van der Waals surface area contributed by atoms with E-state index in [9.17, 15) is 0 Å². The van der Waals surface area contributed by atoms with Crippen LogP contribution in [0.3, 0.4) is 0 Å². The van der Waals surface area contributed by atoms with Gasteiger partial charge in [-0.25, -0.2) is 4.98 Å². The minimum Gasteiger partial charge on any atom is -0.439 e. The van der Waals surface area contributed by atoms with Crippen LogP contribution in [0.5, 0.6) is 11.6 Å². The van der Waals surface area contributed by atoms with Gasteiger partial charge < -0.3 is 4.74 Å². The molecule has 2 nitrogen and oxygen atoms in total. The molecule has 0 spiro atoms. The molecule has 0 N–H and O–H groups in total. The zero-order valence-electron chi connectivity index (χ0n) is 9.90. The normalized spacial score (nSPS) is 10.3. The van der Waals surface area contributed by atoms with Gasteiger partial charge in [-0.1, -0.05) is 19.1 Å². The molecule has 17 heavy (non-hydrogen) atoms. The van der Waals surface area contributed by atoms with Crippen LogP contribution in [0, 0.1) is 6.92 Å². The number of aryl methyl sites for hydroxylation is 2. The lowest BCUT2D eigenvalue weighted by Gasteiger charge is -2.07. The molecule has 2 aromatic rings. The third kappa shape index (κ3) is 3.07. The van der Waals surface area contributed by atoms with E-state index in [1.165, 1.54) is 5.56 Å². The monoisotopic (exact) mass is 291 g/mol. The smallest absolute Gasteiger partial charge is 0.219 e. The van der Waals surface area contributed by atoms with Gasteiger partial charge in [0.25, 0.3) is 0 Å². The van der Waals surface area contributed by atoms with Crippen molar-refractivity contribution in [3.63, 3.8) is 0 Å². The second-order valence-corrected chi connectivity index (χ2v) is 4.67. The first-order chi connectivity index (χ1) is 8.19. The Kier molecular flexibility index (Phi) is 3.79. The summed E-state index contributed by atoms with van der Waals surface area (Å²) in [5, 5.41) is 0. The summed E-state index contributed by atoms with van der Waals surface area (Å²) in [5.41, 5.74) is 2.19. The Morgan fingerprint density at radius 1 is 1.24 bits per heavy atom. The third-order valence-corrected chi connectivity index (χ3v) is 3.36. The van der Waals surface area contributed by atoms with Crippen molar-refractivity contribution in [3.8, 4) is 11.6 Å². The predicted molar refractivity (Wildman–Crippen MR) is 72.6 cm³/mol. The molecule has 0 aliphatic rings. The minimum absolute atomic E-state index is 0.624.